The van der Waals surface area contributed by atoms with Gasteiger partial charge < -0.3 is 5.32 Å². The molecular formula is C23H19F5N4O3S. The van der Waals surface area contributed by atoms with E-state index >= 15 is 0 Å². The first-order valence-electron chi connectivity index (χ1n) is 10.7. The first kappa shape index (κ1) is 25.6. The molecule has 1 fully saturated rings. The van der Waals surface area contributed by atoms with Crippen molar-refractivity contribution in [3.8, 4) is 11.3 Å². The Labute approximate surface area is 203 Å². The third-order valence-corrected chi connectivity index (χ3v) is 7.60. The summed E-state index contributed by atoms with van der Waals surface area (Å²) in [6.45, 7) is -0.207. The molecule has 2 heterocycles. The van der Waals surface area contributed by atoms with Crippen molar-refractivity contribution < 1.29 is 35.2 Å². The predicted octanol–water partition coefficient (Wildman–Crippen LogP) is 3.91. The van der Waals surface area contributed by atoms with Crippen LogP contribution in [0.2, 0.25) is 0 Å². The van der Waals surface area contributed by atoms with Crippen molar-refractivity contribution >= 4 is 15.9 Å². The van der Waals surface area contributed by atoms with Crippen molar-refractivity contribution in [2.45, 2.75) is 36.5 Å². The Balaban J connectivity index is 1.48. The average Bonchev–Trinajstić information content (AvgIpc) is 3.34. The largest absolute Gasteiger partial charge is 0.435 e. The monoisotopic (exact) mass is 526 g/mol. The van der Waals surface area contributed by atoms with E-state index in [4.69, 9.17) is 0 Å². The predicted molar refractivity (Wildman–Crippen MR) is 118 cm³/mol. The van der Waals surface area contributed by atoms with E-state index in [9.17, 15) is 35.2 Å². The standard InChI is InChI=1S/C23H19F5N4O3S/c24-16-4-6-17(7-5-16)36(34,35)32-11-1-2-20(32)22(33)29-13-15-12-14(3-8-18(15)25)19-9-10-21(31-30-19)23(26,27)28/h3-10,12,20H,1-2,11,13H2,(H,29,33)/t20-/m0/s1. The van der Waals surface area contributed by atoms with Crippen molar-refractivity contribution in [3.63, 3.8) is 0 Å². The molecule has 3 aromatic rings. The summed E-state index contributed by atoms with van der Waals surface area (Å²) in [5.74, 6) is -1.92. The van der Waals surface area contributed by atoms with E-state index in [1.54, 1.807) is 0 Å². The second-order valence-corrected chi connectivity index (χ2v) is 9.94. The summed E-state index contributed by atoms with van der Waals surface area (Å²) in [6, 6.07) is 8.77. The number of aromatic nitrogens is 2. The lowest BCUT2D eigenvalue weighted by atomic mass is 10.1. The zero-order chi connectivity index (χ0) is 26.1. The van der Waals surface area contributed by atoms with E-state index in [0.29, 0.717) is 6.42 Å². The van der Waals surface area contributed by atoms with Gasteiger partial charge in [0.15, 0.2) is 5.69 Å². The number of alkyl halides is 3. The number of benzene rings is 2. The first-order chi connectivity index (χ1) is 17.0. The molecule has 1 aromatic heterocycles. The molecule has 1 amide bonds. The fraction of sp³-hybridized carbons (Fsp3) is 0.261. The van der Waals surface area contributed by atoms with Crippen molar-refractivity contribution in [3.05, 3.63) is 77.5 Å². The lowest BCUT2D eigenvalue weighted by Gasteiger charge is -2.23. The molecule has 4 rings (SSSR count). The van der Waals surface area contributed by atoms with Gasteiger partial charge in [-0.3, -0.25) is 4.79 Å². The summed E-state index contributed by atoms with van der Waals surface area (Å²) < 4.78 is 92.6. The molecule has 0 spiro atoms. The minimum absolute atomic E-state index is 0.0217. The Morgan fingerprint density at radius 2 is 1.75 bits per heavy atom. The Bertz CT molecular complexity index is 1360. The van der Waals surface area contributed by atoms with E-state index in [-0.39, 0.29) is 41.2 Å². The maximum atomic E-state index is 14.4. The fourth-order valence-corrected chi connectivity index (χ4v) is 5.50. The van der Waals surface area contributed by atoms with Gasteiger partial charge in [-0.25, -0.2) is 17.2 Å². The highest BCUT2D eigenvalue weighted by molar-refractivity contribution is 7.89. The molecule has 0 unspecified atom stereocenters. The maximum Gasteiger partial charge on any atom is 0.435 e. The molecule has 0 radical (unpaired) electrons. The molecule has 0 aliphatic carbocycles. The molecule has 1 saturated heterocycles. The van der Waals surface area contributed by atoms with E-state index in [1.165, 1.54) is 12.1 Å². The summed E-state index contributed by atoms with van der Waals surface area (Å²) in [6.07, 6.45) is -3.98. The zero-order valence-corrected chi connectivity index (χ0v) is 19.3. The Morgan fingerprint density at radius 1 is 1.03 bits per heavy atom. The highest BCUT2D eigenvalue weighted by atomic mass is 32.2. The molecule has 1 N–H and O–H groups in total. The number of amides is 1. The van der Waals surface area contributed by atoms with Crippen molar-refractivity contribution in [1.29, 1.82) is 0 Å². The van der Waals surface area contributed by atoms with Crippen molar-refractivity contribution in [2.75, 3.05) is 6.54 Å². The van der Waals surface area contributed by atoms with Gasteiger partial charge in [-0.2, -0.15) is 17.5 Å². The van der Waals surface area contributed by atoms with Gasteiger partial charge in [0.2, 0.25) is 15.9 Å². The normalized spacial score (nSPS) is 16.8. The Kier molecular flexibility index (Phi) is 7.05. The van der Waals surface area contributed by atoms with Crippen LogP contribution in [0.1, 0.15) is 24.1 Å². The smallest absolute Gasteiger partial charge is 0.351 e. The van der Waals surface area contributed by atoms with Crippen LogP contribution in [0.4, 0.5) is 22.0 Å². The van der Waals surface area contributed by atoms with Gasteiger partial charge in [0.05, 0.1) is 10.6 Å². The fourth-order valence-electron chi connectivity index (χ4n) is 3.84. The third kappa shape index (κ3) is 5.36. The lowest BCUT2D eigenvalue weighted by Crippen LogP contribution is -2.45. The van der Waals surface area contributed by atoms with Crippen LogP contribution in [0.5, 0.6) is 0 Å². The maximum absolute atomic E-state index is 14.4. The second-order valence-electron chi connectivity index (χ2n) is 8.05. The van der Waals surface area contributed by atoms with Gasteiger partial charge in [-0.1, -0.05) is 0 Å². The molecule has 1 atom stereocenters. The number of carbonyl (C=O) groups excluding carboxylic acids is 1. The quantitative estimate of drug-likeness (QED) is 0.492. The van der Waals surface area contributed by atoms with Crippen LogP contribution in [0.25, 0.3) is 11.3 Å². The van der Waals surface area contributed by atoms with Gasteiger partial charge in [-0.15, -0.1) is 10.2 Å². The molecule has 7 nitrogen and oxygen atoms in total. The molecule has 190 valence electrons. The molecule has 2 aromatic carbocycles. The highest BCUT2D eigenvalue weighted by Gasteiger charge is 2.39. The number of sulfonamides is 1. The van der Waals surface area contributed by atoms with Crippen LogP contribution >= 0.6 is 0 Å². The lowest BCUT2D eigenvalue weighted by molar-refractivity contribution is -0.141. The number of halogens is 5. The van der Waals surface area contributed by atoms with Gasteiger partial charge in [-0.05, 0) is 67.4 Å². The molecule has 0 saturated carbocycles. The second kappa shape index (κ2) is 9.90. The number of hydrogen-bond acceptors (Lipinski definition) is 5. The van der Waals surface area contributed by atoms with E-state index in [1.807, 2.05) is 0 Å². The van der Waals surface area contributed by atoms with Crippen LogP contribution in [-0.4, -0.2) is 41.4 Å². The molecule has 36 heavy (non-hydrogen) atoms. The topological polar surface area (TPSA) is 92.3 Å². The first-order valence-corrected chi connectivity index (χ1v) is 12.2. The summed E-state index contributed by atoms with van der Waals surface area (Å²) in [7, 11) is -4.06. The summed E-state index contributed by atoms with van der Waals surface area (Å²) in [5, 5.41) is 9.21. The number of nitrogens with one attached hydrogen (secondary N) is 1. The number of carbonyl (C=O) groups is 1. The van der Waals surface area contributed by atoms with Crippen LogP contribution in [0.3, 0.4) is 0 Å². The van der Waals surface area contributed by atoms with Crippen LogP contribution < -0.4 is 5.32 Å². The highest BCUT2D eigenvalue weighted by Crippen LogP contribution is 2.29. The minimum Gasteiger partial charge on any atom is -0.351 e. The SMILES string of the molecule is O=C(NCc1cc(-c2ccc(C(F)(F)F)nn2)ccc1F)[C@@H]1CCCN1S(=O)(=O)c1ccc(F)cc1. The summed E-state index contributed by atoms with van der Waals surface area (Å²) in [5.41, 5.74) is -0.794. The van der Waals surface area contributed by atoms with Gasteiger partial charge in [0.25, 0.3) is 0 Å². The molecule has 13 heteroatoms. The number of rotatable bonds is 6. The van der Waals surface area contributed by atoms with E-state index < -0.39 is 45.5 Å². The Morgan fingerprint density at radius 3 is 2.39 bits per heavy atom. The average molecular weight is 526 g/mol. The third-order valence-electron chi connectivity index (χ3n) is 5.68. The minimum atomic E-state index is -4.65. The Hall–Kier alpha value is -3.45. The van der Waals surface area contributed by atoms with Crippen LogP contribution in [0.15, 0.2) is 59.5 Å². The number of hydrogen-bond donors (Lipinski definition) is 1. The van der Waals surface area contributed by atoms with Gasteiger partial charge in [0.1, 0.15) is 17.7 Å². The molecule has 0 bridgehead atoms. The summed E-state index contributed by atoms with van der Waals surface area (Å²) in [4.78, 5) is 12.7. The van der Waals surface area contributed by atoms with Gasteiger partial charge in [0, 0.05) is 24.2 Å². The van der Waals surface area contributed by atoms with Crippen LogP contribution in [-0.2, 0) is 27.5 Å². The molecular weight excluding hydrogens is 507 g/mol. The van der Waals surface area contributed by atoms with Crippen molar-refractivity contribution in [2.24, 2.45) is 0 Å². The zero-order valence-electron chi connectivity index (χ0n) is 18.5. The van der Waals surface area contributed by atoms with Crippen molar-refractivity contribution in [1.82, 2.24) is 19.8 Å². The van der Waals surface area contributed by atoms with E-state index in [2.05, 4.69) is 15.5 Å². The van der Waals surface area contributed by atoms with Gasteiger partial charge >= 0.3 is 6.18 Å². The summed E-state index contributed by atoms with van der Waals surface area (Å²) >= 11 is 0. The molecule has 1 aliphatic heterocycles. The molecule has 1 aliphatic rings. The number of nitrogens with zero attached hydrogens (tertiary/aromatic N) is 3. The van der Waals surface area contributed by atoms with Crippen LogP contribution in [0, 0.1) is 11.6 Å². The van der Waals surface area contributed by atoms with E-state index in [0.717, 1.165) is 46.8 Å².